The van der Waals surface area contributed by atoms with Gasteiger partial charge in [0.15, 0.2) is 0 Å². The number of carbonyl (C=O) groups excluding carboxylic acids is 2. The molecule has 1 atom stereocenters. The van der Waals surface area contributed by atoms with Crippen molar-refractivity contribution in [3.63, 3.8) is 0 Å². The number of likely N-dealkylation sites (tertiary alicyclic amines) is 1. The Morgan fingerprint density at radius 2 is 1.82 bits per heavy atom. The van der Waals surface area contributed by atoms with Crippen LogP contribution in [0.25, 0.3) is 5.57 Å². The van der Waals surface area contributed by atoms with E-state index in [1.165, 1.54) is 4.90 Å². The van der Waals surface area contributed by atoms with Crippen molar-refractivity contribution >= 4 is 23.1 Å². The Labute approximate surface area is 194 Å². The van der Waals surface area contributed by atoms with Crippen molar-refractivity contribution in [2.75, 3.05) is 31.7 Å². The van der Waals surface area contributed by atoms with Crippen LogP contribution < -0.4 is 14.4 Å². The highest BCUT2D eigenvalue weighted by molar-refractivity contribution is 6.45. The van der Waals surface area contributed by atoms with E-state index in [9.17, 15) is 14.7 Å². The van der Waals surface area contributed by atoms with Crippen molar-refractivity contribution in [1.82, 2.24) is 4.90 Å². The molecule has 4 rings (SSSR count). The molecule has 174 valence electrons. The lowest BCUT2D eigenvalue weighted by Crippen LogP contribution is -2.40. The summed E-state index contributed by atoms with van der Waals surface area (Å²) < 4.78 is 11.0. The molecular formula is C26H30N2O5. The Balaban J connectivity index is 1.77. The van der Waals surface area contributed by atoms with Crippen molar-refractivity contribution in [1.29, 1.82) is 0 Å². The third kappa shape index (κ3) is 4.59. The summed E-state index contributed by atoms with van der Waals surface area (Å²) in [6.45, 7) is 5.16. The maximum absolute atomic E-state index is 13.7. The molecule has 0 aliphatic carbocycles. The van der Waals surface area contributed by atoms with Crippen LogP contribution in [0.15, 0.2) is 54.2 Å². The van der Waals surface area contributed by atoms with E-state index in [-0.39, 0.29) is 30.4 Å². The van der Waals surface area contributed by atoms with E-state index >= 15 is 0 Å². The number of anilines is 1. The fourth-order valence-corrected chi connectivity index (χ4v) is 4.45. The zero-order valence-electron chi connectivity index (χ0n) is 19.3. The molecule has 0 radical (unpaired) electrons. The summed E-state index contributed by atoms with van der Waals surface area (Å²) in [5, 5.41) is 9.71. The number of aliphatic hydroxyl groups is 1. The second kappa shape index (κ2) is 9.67. The Bertz CT molecular complexity index is 1060. The lowest BCUT2D eigenvalue weighted by atomic mass is 9.97. The van der Waals surface area contributed by atoms with Gasteiger partial charge in [0.25, 0.3) is 11.8 Å². The monoisotopic (exact) mass is 450 g/mol. The molecule has 1 saturated heterocycles. The number of carbonyl (C=O) groups is 2. The molecule has 2 aliphatic rings. The van der Waals surface area contributed by atoms with E-state index in [2.05, 4.69) is 0 Å². The summed E-state index contributed by atoms with van der Waals surface area (Å²) in [4.78, 5) is 30.5. The highest BCUT2D eigenvalue weighted by Gasteiger charge is 2.43. The molecule has 0 saturated carbocycles. The van der Waals surface area contributed by atoms with Crippen molar-refractivity contribution in [3.05, 3.63) is 59.8 Å². The molecule has 7 heteroatoms. The molecule has 2 aromatic carbocycles. The minimum absolute atomic E-state index is 0.0348. The lowest BCUT2D eigenvalue weighted by molar-refractivity contribution is -0.120. The van der Waals surface area contributed by atoms with E-state index in [1.54, 1.807) is 31.4 Å². The van der Waals surface area contributed by atoms with Gasteiger partial charge in [0.05, 0.1) is 24.5 Å². The van der Waals surface area contributed by atoms with Gasteiger partial charge in [0.1, 0.15) is 17.2 Å². The number of aliphatic hydroxyl groups excluding tert-OH is 1. The zero-order chi connectivity index (χ0) is 23.5. The highest BCUT2D eigenvalue weighted by atomic mass is 16.5. The van der Waals surface area contributed by atoms with Gasteiger partial charge in [-0.1, -0.05) is 18.2 Å². The van der Waals surface area contributed by atoms with Gasteiger partial charge in [-0.2, -0.15) is 0 Å². The van der Waals surface area contributed by atoms with E-state index < -0.39 is 0 Å². The summed E-state index contributed by atoms with van der Waals surface area (Å²) in [6, 6.07) is 14.2. The maximum Gasteiger partial charge on any atom is 0.282 e. The molecule has 0 bridgehead atoms. The van der Waals surface area contributed by atoms with Gasteiger partial charge < -0.3 is 19.5 Å². The summed E-state index contributed by atoms with van der Waals surface area (Å²) in [5.74, 6) is 0.617. The third-order valence-electron chi connectivity index (χ3n) is 5.98. The topological polar surface area (TPSA) is 79.3 Å². The second-order valence-electron chi connectivity index (χ2n) is 8.70. The molecular weight excluding hydrogens is 420 g/mol. The van der Waals surface area contributed by atoms with Gasteiger partial charge in [-0.15, -0.1) is 0 Å². The first-order valence-corrected chi connectivity index (χ1v) is 11.3. The number of methoxy groups -OCH3 is 1. The van der Waals surface area contributed by atoms with Gasteiger partial charge in [0.2, 0.25) is 0 Å². The number of ether oxygens (including phenoxy) is 2. The number of benzene rings is 2. The molecule has 1 unspecified atom stereocenters. The van der Waals surface area contributed by atoms with Crippen LogP contribution in [-0.4, -0.2) is 54.7 Å². The minimum Gasteiger partial charge on any atom is -0.497 e. The number of rotatable bonds is 7. The Hall–Kier alpha value is -3.32. The van der Waals surface area contributed by atoms with E-state index in [1.807, 2.05) is 43.0 Å². The predicted molar refractivity (Wildman–Crippen MR) is 126 cm³/mol. The Morgan fingerprint density at radius 1 is 1.06 bits per heavy atom. The van der Waals surface area contributed by atoms with E-state index in [4.69, 9.17) is 9.47 Å². The molecule has 2 heterocycles. The summed E-state index contributed by atoms with van der Waals surface area (Å²) >= 11 is 0. The fourth-order valence-electron chi connectivity index (χ4n) is 4.45. The molecule has 7 nitrogen and oxygen atoms in total. The normalized spacial score (nSPS) is 19.0. The molecule has 1 N–H and O–H groups in total. The number of piperidine rings is 1. The van der Waals surface area contributed by atoms with Crippen LogP contribution in [0.1, 0.15) is 32.3 Å². The highest BCUT2D eigenvalue weighted by Crippen LogP contribution is 2.37. The van der Waals surface area contributed by atoms with Gasteiger partial charge in [-0.25, -0.2) is 4.90 Å². The number of imide groups is 1. The fraction of sp³-hybridized carbons (Fsp3) is 0.385. The van der Waals surface area contributed by atoms with Gasteiger partial charge >= 0.3 is 0 Å². The second-order valence-corrected chi connectivity index (χ2v) is 8.70. The smallest absolute Gasteiger partial charge is 0.282 e. The molecule has 2 aliphatic heterocycles. The lowest BCUT2D eigenvalue weighted by Gasteiger charge is -2.34. The van der Waals surface area contributed by atoms with Gasteiger partial charge in [-0.3, -0.25) is 9.59 Å². The van der Waals surface area contributed by atoms with Crippen molar-refractivity contribution in [2.45, 2.75) is 32.8 Å². The van der Waals surface area contributed by atoms with Crippen LogP contribution in [0.5, 0.6) is 11.5 Å². The summed E-state index contributed by atoms with van der Waals surface area (Å²) in [6.07, 6.45) is 1.79. The first-order valence-electron chi connectivity index (χ1n) is 11.3. The number of hydrogen-bond acceptors (Lipinski definition) is 6. The van der Waals surface area contributed by atoms with Gasteiger partial charge in [-0.05, 0) is 62.4 Å². The number of hydrogen-bond donors (Lipinski definition) is 1. The van der Waals surface area contributed by atoms with Crippen LogP contribution in [0.2, 0.25) is 0 Å². The number of nitrogens with zero attached hydrogens (tertiary/aromatic N) is 2. The van der Waals surface area contributed by atoms with Crippen LogP contribution in [-0.2, 0) is 9.59 Å². The average Bonchev–Trinajstić information content (AvgIpc) is 3.09. The average molecular weight is 451 g/mol. The maximum atomic E-state index is 13.7. The van der Waals surface area contributed by atoms with Crippen LogP contribution >= 0.6 is 0 Å². The Morgan fingerprint density at radius 3 is 2.48 bits per heavy atom. The van der Waals surface area contributed by atoms with Crippen LogP contribution in [0, 0.1) is 5.92 Å². The summed E-state index contributed by atoms with van der Waals surface area (Å²) in [5.41, 5.74) is 1.89. The zero-order valence-corrected chi connectivity index (χ0v) is 19.3. The minimum atomic E-state index is -0.369. The molecule has 0 spiro atoms. The van der Waals surface area contributed by atoms with E-state index in [0.717, 1.165) is 12.8 Å². The largest absolute Gasteiger partial charge is 0.497 e. The standard InChI is InChI=1S/C26H30N2O5/c1-17(2)33-21-11-9-19(10-12-21)23-24(27-13-5-6-18(15-27)16-29)26(31)28(25(23)30)20-7-4-8-22(14-20)32-3/h4,7-12,14,17-18,29H,5-6,13,15-16H2,1-3H3. The first kappa shape index (κ1) is 22.9. The summed E-state index contributed by atoms with van der Waals surface area (Å²) in [7, 11) is 1.55. The van der Waals surface area contributed by atoms with Crippen LogP contribution in [0.4, 0.5) is 5.69 Å². The van der Waals surface area contributed by atoms with Crippen LogP contribution in [0.3, 0.4) is 0 Å². The SMILES string of the molecule is COc1cccc(N2C(=O)C(c3ccc(OC(C)C)cc3)=C(N3CCCC(CO)C3)C2=O)c1. The van der Waals surface area contributed by atoms with E-state index in [0.29, 0.717) is 47.1 Å². The molecule has 2 amide bonds. The van der Waals surface area contributed by atoms with Crippen molar-refractivity contribution in [3.8, 4) is 11.5 Å². The Kier molecular flexibility index (Phi) is 6.70. The molecule has 1 fully saturated rings. The molecule has 0 aromatic heterocycles. The van der Waals surface area contributed by atoms with Gasteiger partial charge in [0, 0.05) is 25.8 Å². The number of amides is 2. The predicted octanol–water partition coefficient (Wildman–Crippen LogP) is 3.47. The third-order valence-corrected chi connectivity index (χ3v) is 5.98. The van der Waals surface area contributed by atoms with Crippen molar-refractivity contribution < 1.29 is 24.2 Å². The molecule has 33 heavy (non-hydrogen) atoms. The van der Waals surface area contributed by atoms with Crippen molar-refractivity contribution in [2.24, 2.45) is 5.92 Å². The molecule has 2 aromatic rings. The quantitative estimate of drug-likeness (QED) is 0.651. The first-order chi connectivity index (χ1) is 15.9.